The van der Waals surface area contributed by atoms with Crippen LogP contribution in [0.25, 0.3) is 5.57 Å². The fourth-order valence-corrected chi connectivity index (χ4v) is 3.36. The number of halogens is 2. The third kappa shape index (κ3) is 5.00. The van der Waals surface area contributed by atoms with Gasteiger partial charge < -0.3 is 14.6 Å². The Morgan fingerprint density at radius 2 is 1.71 bits per heavy atom. The molecule has 1 N–H and O–H groups in total. The van der Waals surface area contributed by atoms with Gasteiger partial charge in [0.05, 0.1) is 22.2 Å². The van der Waals surface area contributed by atoms with E-state index in [0.717, 1.165) is 11.1 Å². The van der Waals surface area contributed by atoms with Crippen LogP contribution in [-0.4, -0.2) is 17.7 Å². The number of carboxylic acid groups (broad SMARTS) is 1. The third-order valence-corrected chi connectivity index (χ3v) is 5.13. The highest BCUT2D eigenvalue weighted by Crippen LogP contribution is 2.38. The lowest BCUT2D eigenvalue weighted by Crippen LogP contribution is -2.07. The van der Waals surface area contributed by atoms with Gasteiger partial charge in [-0.05, 0) is 49.8 Å². The standard InChI is InChI=1S/C22H22Cl2O4/c1-13(2)21(22(25)26)16-6-4-3-5-15(16)12-28-20-10-19(17(23)9-18(20)24)27-11-14-7-8-14/h3-6,9-10,14H,7-8,11-12H2,1-2H3,(H,25,26). The first-order valence-electron chi connectivity index (χ1n) is 9.10. The molecule has 0 atom stereocenters. The summed E-state index contributed by atoms with van der Waals surface area (Å²) >= 11 is 12.5. The summed E-state index contributed by atoms with van der Waals surface area (Å²) in [5, 5.41) is 10.4. The lowest BCUT2D eigenvalue weighted by Gasteiger charge is -2.15. The third-order valence-electron chi connectivity index (χ3n) is 4.54. The smallest absolute Gasteiger partial charge is 0.336 e. The Morgan fingerprint density at radius 1 is 1.07 bits per heavy atom. The van der Waals surface area contributed by atoms with Gasteiger partial charge in [-0.1, -0.05) is 53.0 Å². The predicted molar refractivity (Wildman–Crippen MR) is 111 cm³/mol. The van der Waals surface area contributed by atoms with E-state index in [9.17, 15) is 9.90 Å². The summed E-state index contributed by atoms with van der Waals surface area (Å²) in [6.45, 7) is 4.36. The van der Waals surface area contributed by atoms with Crippen molar-refractivity contribution in [1.82, 2.24) is 0 Å². The van der Waals surface area contributed by atoms with Gasteiger partial charge in [0.2, 0.25) is 0 Å². The van der Waals surface area contributed by atoms with Gasteiger partial charge in [-0.15, -0.1) is 0 Å². The molecule has 1 saturated carbocycles. The van der Waals surface area contributed by atoms with Crippen LogP contribution in [0.3, 0.4) is 0 Å². The van der Waals surface area contributed by atoms with E-state index in [-0.39, 0.29) is 12.2 Å². The first-order valence-corrected chi connectivity index (χ1v) is 9.86. The Morgan fingerprint density at radius 3 is 2.32 bits per heavy atom. The van der Waals surface area contributed by atoms with Crippen LogP contribution in [0.5, 0.6) is 11.5 Å². The second kappa shape index (κ2) is 8.89. The van der Waals surface area contributed by atoms with E-state index in [0.29, 0.717) is 39.6 Å². The van der Waals surface area contributed by atoms with Gasteiger partial charge in [-0.2, -0.15) is 0 Å². The van der Waals surface area contributed by atoms with Gasteiger partial charge in [0.15, 0.2) is 0 Å². The lowest BCUT2D eigenvalue weighted by molar-refractivity contribution is -0.130. The zero-order valence-electron chi connectivity index (χ0n) is 15.8. The summed E-state index contributed by atoms with van der Waals surface area (Å²) < 4.78 is 11.7. The number of benzene rings is 2. The number of allylic oxidation sites excluding steroid dienone is 1. The fourth-order valence-electron chi connectivity index (χ4n) is 2.87. The molecule has 2 aromatic carbocycles. The van der Waals surface area contributed by atoms with E-state index in [1.807, 2.05) is 18.2 Å². The minimum atomic E-state index is -0.965. The van der Waals surface area contributed by atoms with Crippen molar-refractivity contribution >= 4 is 34.7 Å². The average molecular weight is 421 g/mol. The Labute approximate surface area is 174 Å². The average Bonchev–Trinajstić information content (AvgIpc) is 3.45. The maximum Gasteiger partial charge on any atom is 0.336 e. The molecule has 0 radical (unpaired) electrons. The van der Waals surface area contributed by atoms with Gasteiger partial charge in [0.1, 0.15) is 18.1 Å². The molecule has 4 nitrogen and oxygen atoms in total. The van der Waals surface area contributed by atoms with Crippen LogP contribution in [-0.2, 0) is 11.4 Å². The number of ether oxygens (including phenoxy) is 2. The fraction of sp³-hybridized carbons (Fsp3) is 0.318. The van der Waals surface area contributed by atoms with Crippen LogP contribution in [0.1, 0.15) is 37.8 Å². The molecular formula is C22H22Cl2O4. The van der Waals surface area contributed by atoms with Crippen molar-refractivity contribution in [2.24, 2.45) is 5.92 Å². The maximum atomic E-state index is 11.7. The van der Waals surface area contributed by atoms with Gasteiger partial charge in [0, 0.05) is 6.07 Å². The van der Waals surface area contributed by atoms with E-state index >= 15 is 0 Å². The highest BCUT2D eigenvalue weighted by molar-refractivity contribution is 6.36. The molecule has 148 valence electrons. The largest absolute Gasteiger partial charge is 0.492 e. The topological polar surface area (TPSA) is 55.8 Å². The van der Waals surface area contributed by atoms with Crippen molar-refractivity contribution in [3.63, 3.8) is 0 Å². The minimum Gasteiger partial charge on any atom is -0.492 e. The van der Waals surface area contributed by atoms with Crippen LogP contribution in [0.4, 0.5) is 0 Å². The summed E-state index contributed by atoms with van der Waals surface area (Å²) in [6, 6.07) is 10.6. The molecule has 0 aliphatic heterocycles. The summed E-state index contributed by atoms with van der Waals surface area (Å²) in [7, 11) is 0. The molecule has 0 saturated heterocycles. The van der Waals surface area contributed by atoms with Crippen molar-refractivity contribution < 1.29 is 19.4 Å². The Bertz CT molecular complexity index is 913. The summed E-state index contributed by atoms with van der Waals surface area (Å²) in [6.07, 6.45) is 2.36. The molecule has 28 heavy (non-hydrogen) atoms. The minimum absolute atomic E-state index is 0.170. The lowest BCUT2D eigenvalue weighted by atomic mass is 9.97. The first kappa shape index (κ1) is 20.6. The number of aliphatic carboxylic acids is 1. The second-order valence-electron chi connectivity index (χ2n) is 7.09. The van der Waals surface area contributed by atoms with Gasteiger partial charge in [-0.25, -0.2) is 4.79 Å². The Balaban J connectivity index is 1.82. The van der Waals surface area contributed by atoms with E-state index < -0.39 is 5.97 Å². The van der Waals surface area contributed by atoms with Crippen LogP contribution < -0.4 is 9.47 Å². The van der Waals surface area contributed by atoms with E-state index in [1.54, 1.807) is 32.0 Å². The molecule has 6 heteroatoms. The van der Waals surface area contributed by atoms with Gasteiger partial charge >= 0.3 is 5.97 Å². The molecule has 2 aromatic rings. The van der Waals surface area contributed by atoms with Crippen molar-refractivity contribution in [2.45, 2.75) is 33.3 Å². The normalized spacial score (nSPS) is 13.1. The summed E-state index contributed by atoms with van der Waals surface area (Å²) in [5.74, 6) is 0.617. The number of hydrogen-bond acceptors (Lipinski definition) is 3. The van der Waals surface area contributed by atoms with Gasteiger partial charge in [-0.3, -0.25) is 0 Å². The molecule has 3 rings (SSSR count). The zero-order chi connectivity index (χ0) is 20.3. The van der Waals surface area contributed by atoms with Crippen LogP contribution in [0.15, 0.2) is 42.0 Å². The summed E-state index contributed by atoms with van der Waals surface area (Å²) in [5.41, 5.74) is 2.38. The van der Waals surface area contributed by atoms with Crippen molar-refractivity contribution in [3.05, 3.63) is 63.1 Å². The van der Waals surface area contributed by atoms with Crippen LogP contribution >= 0.6 is 23.2 Å². The Hall–Kier alpha value is -2.17. The Kier molecular flexibility index (Phi) is 6.53. The van der Waals surface area contributed by atoms with E-state index in [4.69, 9.17) is 32.7 Å². The number of hydrogen-bond donors (Lipinski definition) is 1. The maximum absolute atomic E-state index is 11.7. The van der Waals surface area contributed by atoms with Crippen LogP contribution in [0, 0.1) is 5.92 Å². The highest BCUT2D eigenvalue weighted by atomic mass is 35.5. The second-order valence-corrected chi connectivity index (χ2v) is 7.91. The number of carbonyl (C=O) groups is 1. The van der Waals surface area contributed by atoms with Crippen molar-refractivity contribution in [1.29, 1.82) is 0 Å². The van der Waals surface area contributed by atoms with Gasteiger partial charge in [0.25, 0.3) is 0 Å². The number of rotatable bonds is 8. The molecule has 0 unspecified atom stereocenters. The molecule has 0 bridgehead atoms. The molecular weight excluding hydrogens is 399 g/mol. The zero-order valence-corrected chi connectivity index (χ0v) is 17.3. The molecule has 0 heterocycles. The van der Waals surface area contributed by atoms with E-state index in [2.05, 4.69) is 0 Å². The quantitative estimate of drug-likeness (QED) is 0.513. The molecule has 0 aromatic heterocycles. The van der Waals surface area contributed by atoms with Crippen molar-refractivity contribution in [3.8, 4) is 11.5 Å². The van der Waals surface area contributed by atoms with E-state index in [1.165, 1.54) is 12.8 Å². The van der Waals surface area contributed by atoms with Crippen LogP contribution in [0.2, 0.25) is 10.0 Å². The SMILES string of the molecule is CC(C)=C(C(=O)O)c1ccccc1COc1cc(OCC2CC2)c(Cl)cc1Cl. The molecule has 0 spiro atoms. The molecule has 0 amide bonds. The first-order chi connectivity index (χ1) is 13.4. The summed E-state index contributed by atoms with van der Waals surface area (Å²) in [4.78, 5) is 11.7. The monoisotopic (exact) mass is 420 g/mol. The predicted octanol–water partition coefficient (Wildman–Crippen LogP) is 6.24. The number of carboxylic acids is 1. The molecule has 1 aliphatic rings. The molecule has 1 aliphatic carbocycles. The molecule has 1 fully saturated rings. The van der Waals surface area contributed by atoms with Crippen molar-refractivity contribution in [2.75, 3.05) is 6.61 Å². The highest BCUT2D eigenvalue weighted by Gasteiger charge is 2.23.